The average molecular weight is 336 g/mol. The number of carbonyl (C=O) groups excluding carboxylic acids is 1. The van der Waals surface area contributed by atoms with E-state index in [1.54, 1.807) is 0 Å². The van der Waals surface area contributed by atoms with Crippen LogP contribution in [0, 0.1) is 13.8 Å². The zero-order chi connectivity index (χ0) is 17.8. The molecule has 5 nitrogen and oxygen atoms in total. The van der Waals surface area contributed by atoms with Gasteiger partial charge in [-0.1, -0.05) is 12.1 Å². The third-order valence-corrected chi connectivity index (χ3v) is 4.30. The van der Waals surface area contributed by atoms with Gasteiger partial charge in [0.2, 0.25) is 5.91 Å². The molecule has 1 atom stereocenters. The molecule has 25 heavy (non-hydrogen) atoms. The van der Waals surface area contributed by atoms with Gasteiger partial charge in [-0.25, -0.2) is 0 Å². The van der Waals surface area contributed by atoms with Crippen LogP contribution in [0.5, 0.6) is 0 Å². The van der Waals surface area contributed by atoms with Gasteiger partial charge in [-0.2, -0.15) is 5.10 Å². The Labute approximate surface area is 148 Å². The number of rotatable bonds is 6. The van der Waals surface area contributed by atoms with E-state index in [2.05, 4.69) is 27.1 Å². The van der Waals surface area contributed by atoms with Gasteiger partial charge in [-0.3, -0.25) is 9.48 Å². The summed E-state index contributed by atoms with van der Waals surface area (Å²) < 4.78 is 3.94. The number of aryl methyl sites for hydroxylation is 3. The topological polar surface area (TPSA) is 51.9 Å². The minimum absolute atomic E-state index is 0.0337. The van der Waals surface area contributed by atoms with Crippen molar-refractivity contribution in [1.29, 1.82) is 0 Å². The average Bonchev–Trinajstić information content (AvgIpc) is 3.23. The van der Waals surface area contributed by atoms with Crippen LogP contribution in [-0.2, 0) is 11.3 Å². The molecule has 1 unspecified atom stereocenters. The summed E-state index contributed by atoms with van der Waals surface area (Å²) in [6, 6.07) is 14.2. The third-order valence-electron chi connectivity index (χ3n) is 4.30. The molecule has 5 heteroatoms. The molecule has 0 bridgehead atoms. The zero-order valence-electron chi connectivity index (χ0n) is 14.9. The smallest absolute Gasteiger partial charge is 0.222 e. The molecule has 0 saturated heterocycles. The van der Waals surface area contributed by atoms with E-state index in [1.165, 1.54) is 0 Å². The fourth-order valence-corrected chi connectivity index (χ4v) is 2.97. The molecular formula is C20H24N4O. The first-order valence-corrected chi connectivity index (χ1v) is 8.56. The van der Waals surface area contributed by atoms with Gasteiger partial charge < -0.3 is 9.88 Å². The number of hydrogen-bond donors (Lipinski definition) is 1. The van der Waals surface area contributed by atoms with Crippen LogP contribution in [0.15, 0.2) is 54.9 Å². The van der Waals surface area contributed by atoms with E-state index in [9.17, 15) is 4.79 Å². The van der Waals surface area contributed by atoms with Crippen LogP contribution in [0.4, 0.5) is 0 Å². The Morgan fingerprint density at radius 2 is 1.92 bits per heavy atom. The summed E-state index contributed by atoms with van der Waals surface area (Å²) in [7, 11) is 0. The van der Waals surface area contributed by atoms with Gasteiger partial charge in [-0.05, 0) is 56.7 Å². The van der Waals surface area contributed by atoms with E-state index >= 15 is 0 Å². The van der Waals surface area contributed by atoms with E-state index in [0.717, 1.165) is 22.6 Å². The maximum atomic E-state index is 12.3. The maximum Gasteiger partial charge on any atom is 0.222 e. The Kier molecular flexibility index (Phi) is 5.03. The van der Waals surface area contributed by atoms with Gasteiger partial charge >= 0.3 is 0 Å². The highest BCUT2D eigenvalue weighted by Gasteiger charge is 2.11. The minimum Gasteiger partial charge on any atom is -0.350 e. The van der Waals surface area contributed by atoms with Gasteiger partial charge in [0.1, 0.15) is 0 Å². The minimum atomic E-state index is -0.0385. The summed E-state index contributed by atoms with van der Waals surface area (Å²) in [6.07, 6.45) is 4.44. The van der Waals surface area contributed by atoms with Crippen molar-refractivity contribution in [2.45, 2.75) is 39.8 Å². The predicted molar refractivity (Wildman–Crippen MR) is 98.6 cm³/mol. The summed E-state index contributed by atoms with van der Waals surface area (Å²) in [6.45, 7) is 6.58. The molecule has 1 N–H and O–H groups in total. The van der Waals surface area contributed by atoms with E-state index in [1.807, 2.05) is 68.2 Å². The maximum absolute atomic E-state index is 12.3. The normalized spacial score (nSPS) is 12.1. The van der Waals surface area contributed by atoms with Crippen LogP contribution in [0.3, 0.4) is 0 Å². The second-order valence-corrected chi connectivity index (χ2v) is 6.37. The molecule has 0 aliphatic rings. The van der Waals surface area contributed by atoms with Crippen molar-refractivity contribution in [3.05, 3.63) is 71.8 Å². The Bertz CT molecular complexity index is 848. The summed E-state index contributed by atoms with van der Waals surface area (Å²) in [4.78, 5) is 12.3. The fourth-order valence-electron chi connectivity index (χ4n) is 2.97. The molecule has 3 rings (SSSR count). The van der Waals surface area contributed by atoms with Crippen molar-refractivity contribution < 1.29 is 4.79 Å². The van der Waals surface area contributed by atoms with Gasteiger partial charge in [0.15, 0.2) is 0 Å². The molecule has 2 heterocycles. The number of hydrogen-bond acceptors (Lipinski definition) is 2. The number of nitrogens with zero attached hydrogens (tertiary/aromatic N) is 3. The Hall–Kier alpha value is -2.82. The number of aromatic nitrogens is 3. The Morgan fingerprint density at radius 3 is 2.60 bits per heavy atom. The molecule has 0 saturated carbocycles. The first-order chi connectivity index (χ1) is 12.0. The first kappa shape index (κ1) is 17.0. The summed E-state index contributed by atoms with van der Waals surface area (Å²) in [5.41, 5.74) is 4.24. The van der Waals surface area contributed by atoms with Gasteiger partial charge in [0.05, 0.1) is 11.7 Å². The third kappa shape index (κ3) is 4.18. The monoisotopic (exact) mass is 336 g/mol. The van der Waals surface area contributed by atoms with Crippen molar-refractivity contribution in [2.75, 3.05) is 0 Å². The second-order valence-electron chi connectivity index (χ2n) is 6.37. The lowest BCUT2D eigenvalue weighted by Gasteiger charge is -2.16. The molecule has 0 spiro atoms. The van der Waals surface area contributed by atoms with Gasteiger partial charge in [0, 0.05) is 36.7 Å². The van der Waals surface area contributed by atoms with Crippen molar-refractivity contribution in [3.8, 4) is 5.69 Å². The van der Waals surface area contributed by atoms with E-state index in [-0.39, 0.29) is 11.9 Å². The lowest BCUT2D eigenvalue weighted by atomic mass is 10.1. The molecule has 0 radical (unpaired) electrons. The van der Waals surface area contributed by atoms with Gasteiger partial charge in [0.25, 0.3) is 0 Å². The zero-order valence-corrected chi connectivity index (χ0v) is 14.9. The quantitative estimate of drug-likeness (QED) is 0.748. The molecule has 1 amide bonds. The predicted octanol–water partition coefficient (Wildman–Crippen LogP) is 3.56. The van der Waals surface area contributed by atoms with Crippen molar-refractivity contribution in [3.63, 3.8) is 0 Å². The number of amides is 1. The highest BCUT2D eigenvalue weighted by molar-refractivity contribution is 5.76. The fraction of sp³-hybridized carbons (Fsp3) is 0.300. The van der Waals surface area contributed by atoms with E-state index < -0.39 is 0 Å². The van der Waals surface area contributed by atoms with Crippen LogP contribution < -0.4 is 5.32 Å². The molecule has 1 aromatic carbocycles. The summed E-state index contributed by atoms with van der Waals surface area (Å²) in [5, 5.41) is 7.47. The number of benzene rings is 1. The lowest BCUT2D eigenvalue weighted by Crippen LogP contribution is -2.27. The highest BCUT2D eigenvalue weighted by Crippen LogP contribution is 2.17. The van der Waals surface area contributed by atoms with Gasteiger partial charge in [-0.15, -0.1) is 0 Å². The molecule has 0 fully saturated rings. The van der Waals surface area contributed by atoms with Crippen LogP contribution in [-0.4, -0.2) is 20.3 Å². The number of nitrogens with one attached hydrogen (secondary N) is 1. The summed E-state index contributed by atoms with van der Waals surface area (Å²) >= 11 is 0. The largest absolute Gasteiger partial charge is 0.350 e. The molecule has 0 aliphatic heterocycles. The van der Waals surface area contributed by atoms with Crippen molar-refractivity contribution in [2.24, 2.45) is 0 Å². The van der Waals surface area contributed by atoms with Crippen LogP contribution in [0.1, 0.15) is 36.3 Å². The van der Waals surface area contributed by atoms with E-state index in [0.29, 0.717) is 13.0 Å². The second kappa shape index (κ2) is 7.38. The Balaban J connectivity index is 1.60. The van der Waals surface area contributed by atoms with Crippen LogP contribution in [0.2, 0.25) is 0 Å². The Morgan fingerprint density at radius 1 is 1.16 bits per heavy atom. The van der Waals surface area contributed by atoms with E-state index in [4.69, 9.17) is 0 Å². The molecule has 130 valence electrons. The SMILES string of the molecule is Cc1cc(C)n(CCC(=O)NC(C)c2cccc(-n3cccc3)c2)n1. The molecule has 0 aliphatic carbocycles. The van der Waals surface area contributed by atoms with Crippen molar-refractivity contribution in [1.82, 2.24) is 19.7 Å². The first-order valence-electron chi connectivity index (χ1n) is 8.56. The number of carbonyl (C=O) groups is 1. The van der Waals surface area contributed by atoms with Crippen molar-refractivity contribution >= 4 is 5.91 Å². The highest BCUT2D eigenvalue weighted by atomic mass is 16.1. The molecule has 3 aromatic rings. The standard InChI is InChI=1S/C20H24N4O/c1-15-13-16(2)24(22-15)12-9-20(25)21-17(3)18-7-6-8-19(14-18)23-10-4-5-11-23/h4-8,10-11,13-14,17H,9,12H2,1-3H3,(H,21,25). The lowest BCUT2D eigenvalue weighted by molar-refractivity contribution is -0.122. The summed E-state index contributed by atoms with van der Waals surface area (Å²) in [5.74, 6) is 0.0337. The molecular weight excluding hydrogens is 312 g/mol. The molecule has 2 aromatic heterocycles. The van der Waals surface area contributed by atoms with Crippen LogP contribution in [0.25, 0.3) is 5.69 Å². The van der Waals surface area contributed by atoms with Crippen LogP contribution >= 0.6 is 0 Å².